The molecule has 0 aromatic carbocycles. The molecule has 90 valence electrons. The lowest BCUT2D eigenvalue weighted by molar-refractivity contribution is -0.0245. The van der Waals surface area contributed by atoms with Crippen LogP contribution in [0.2, 0.25) is 0 Å². The van der Waals surface area contributed by atoms with E-state index in [1.807, 2.05) is 0 Å². The van der Waals surface area contributed by atoms with E-state index in [0.717, 1.165) is 38.8 Å². The molecule has 2 nitrogen and oxygen atoms in total. The highest BCUT2D eigenvalue weighted by atomic mass is 16.3. The van der Waals surface area contributed by atoms with Crippen molar-refractivity contribution in [3.05, 3.63) is 0 Å². The average Bonchev–Trinajstić information content (AvgIpc) is 2.11. The van der Waals surface area contributed by atoms with Crippen LogP contribution >= 0.6 is 0 Å². The summed E-state index contributed by atoms with van der Waals surface area (Å²) in [7, 11) is 0. The molecule has 1 rings (SSSR count). The molecule has 0 unspecified atom stereocenters. The zero-order chi connectivity index (χ0) is 11.5. The minimum atomic E-state index is -0.440. The van der Waals surface area contributed by atoms with Crippen molar-refractivity contribution in [1.29, 1.82) is 0 Å². The van der Waals surface area contributed by atoms with Crippen LogP contribution in [0.3, 0.4) is 0 Å². The Kier molecular flexibility index (Phi) is 4.19. The van der Waals surface area contributed by atoms with E-state index >= 15 is 0 Å². The summed E-state index contributed by atoms with van der Waals surface area (Å²) >= 11 is 0. The molecule has 0 radical (unpaired) electrons. The van der Waals surface area contributed by atoms with E-state index in [-0.39, 0.29) is 0 Å². The maximum Gasteiger partial charge on any atom is 0.0772 e. The number of hydrogen-bond acceptors (Lipinski definition) is 2. The smallest absolute Gasteiger partial charge is 0.0772 e. The molecule has 15 heavy (non-hydrogen) atoms. The van der Waals surface area contributed by atoms with Crippen LogP contribution in [-0.4, -0.2) is 23.8 Å². The van der Waals surface area contributed by atoms with E-state index < -0.39 is 5.60 Å². The maximum absolute atomic E-state index is 10.4. The van der Waals surface area contributed by atoms with E-state index in [0.29, 0.717) is 11.3 Å². The van der Waals surface area contributed by atoms with E-state index in [4.69, 9.17) is 0 Å². The molecule has 1 aliphatic rings. The molecule has 1 saturated carbocycles. The lowest BCUT2D eigenvalue weighted by Gasteiger charge is -2.40. The molecule has 1 aliphatic carbocycles. The summed E-state index contributed by atoms with van der Waals surface area (Å²) in [4.78, 5) is 0. The first-order valence-corrected chi connectivity index (χ1v) is 6.26. The zero-order valence-corrected chi connectivity index (χ0v) is 10.8. The highest BCUT2D eigenvalue weighted by Gasteiger charge is 2.36. The Hall–Kier alpha value is -0.0800. The van der Waals surface area contributed by atoms with Crippen LogP contribution in [0.25, 0.3) is 0 Å². The molecule has 0 heterocycles. The first-order valence-electron chi connectivity index (χ1n) is 6.26. The van der Waals surface area contributed by atoms with Crippen molar-refractivity contribution >= 4 is 0 Å². The van der Waals surface area contributed by atoms with Crippen molar-refractivity contribution in [2.45, 2.75) is 59.0 Å². The van der Waals surface area contributed by atoms with Crippen molar-refractivity contribution < 1.29 is 5.11 Å². The van der Waals surface area contributed by atoms with Gasteiger partial charge in [-0.1, -0.05) is 27.7 Å². The Morgan fingerprint density at radius 2 is 1.67 bits per heavy atom. The first kappa shape index (κ1) is 13.0. The molecule has 1 fully saturated rings. The lowest BCUT2D eigenvalue weighted by atomic mass is 9.71. The Bertz CT molecular complexity index is 189. The largest absolute Gasteiger partial charge is 0.389 e. The van der Waals surface area contributed by atoms with Gasteiger partial charge in [-0.3, -0.25) is 0 Å². The topological polar surface area (TPSA) is 32.3 Å². The molecule has 2 N–H and O–H groups in total. The Morgan fingerprint density at radius 3 is 2.13 bits per heavy atom. The van der Waals surface area contributed by atoms with Gasteiger partial charge < -0.3 is 10.4 Å². The molecule has 0 saturated heterocycles. The molecule has 0 spiro atoms. The second-order valence-corrected chi connectivity index (χ2v) is 6.41. The van der Waals surface area contributed by atoms with Gasteiger partial charge in [0.1, 0.15) is 0 Å². The summed E-state index contributed by atoms with van der Waals surface area (Å²) in [5.41, 5.74) is -0.00527. The molecule has 0 atom stereocenters. The Labute approximate surface area is 94.5 Å². The van der Waals surface area contributed by atoms with Crippen molar-refractivity contribution in [3.63, 3.8) is 0 Å². The fourth-order valence-corrected chi connectivity index (χ4v) is 2.16. The van der Waals surface area contributed by atoms with Gasteiger partial charge in [0.15, 0.2) is 0 Å². The van der Waals surface area contributed by atoms with Gasteiger partial charge in [0, 0.05) is 6.54 Å². The summed E-state index contributed by atoms with van der Waals surface area (Å²) in [6, 6.07) is 0. The van der Waals surface area contributed by atoms with Crippen LogP contribution in [0, 0.1) is 11.3 Å². The molecule has 0 bridgehead atoms. The molecular formula is C13H27NO. The summed E-state index contributed by atoms with van der Waals surface area (Å²) in [6.07, 6.45) is 4.19. The molecule has 0 aliphatic heterocycles. The fourth-order valence-electron chi connectivity index (χ4n) is 2.16. The van der Waals surface area contributed by atoms with Crippen LogP contribution in [0.4, 0.5) is 0 Å². The third-order valence-electron chi connectivity index (χ3n) is 3.54. The number of aliphatic hydroxyl groups is 1. The van der Waals surface area contributed by atoms with Crippen LogP contribution in [-0.2, 0) is 0 Å². The monoisotopic (exact) mass is 213 g/mol. The maximum atomic E-state index is 10.4. The van der Waals surface area contributed by atoms with E-state index in [2.05, 4.69) is 33.0 Å². The number of rotatable bonds is 4. The van der Waals surface area contributed by atoms with Crippen LogP contribution in [0.15, 0.2) is 0 Å². The normalized spacial score (nSPS) is 24.4. The number of hydrogen-bond donors (Lipinski definition) is 2. The Morgan fingerprint density at radius 1 is 1.13 bits per heavy atom. The molecule has 2 heteroatoms. The minimum absolute atomic E-state index is 0.435. The first-order chi connectivity index (χ1) is 6.83. The SMILES string of the molecule is CC(C)CNCC1(O)CCC(C)(C)CC1. The van der Waals surface area contributed by atoms with Crippen LogP contribution < -0.4 is 5.32 Å². The van der Waals surface area contributed by atoms with E-state index in [1.54, 1.807) is 0 Å². The molecule has 0 amide bonds. The summed E-state index contributed by atoms with van der Waals surface area (Å²) in [6.45, 7) is 10.8. The number of nitrogens with one attached hydrogen (secondary N) is 1. The van der Waals surface area contributed by atoms with E-state index in [1.165, 1.54) is 0 Å². The predicted molar refractivity (Wildman–Crippen MR) is 64.9 cm³/mol. The highest BCUT2D eigenvalue weighted by molar-refractivity contribution is 4.90. The van der Waals surface area contributed by atoms with Crippen molar-refractivity contribution in [2.75, 3.05) is 13.1 Å². The lowest BCUT2D eigenvalue weighted by Crippen LogP contribution is -2.45. The van der Waals surface area contributed by atoms with Gasteiger partial charge in [-0.05, 0) is 43.6 Å². The predicted octanol–water partition coefficient (Wildman–Crippen LogP) is 2.56. The van der Waals surface area contributed by atoms with Gasteiger partial charge >= 0.3 is 0 Å². The van der Waals surface area contributed by atoms with Crippen molar-refractivity contribution in [1.82, 2.24) is 5.32 Å². The summed E-state index contributed by atoms with van der Waals surface area (Å²) in [5.74, 6) is 0.661. The third-order valence-corrected chi connectivity index (χ3v) is 3.54. The van der Waals surface area contributed by atoms with Gasteiger partial charge in [0.05, 0.1) is 5.60 Å². The van der Waals surface area contributed by atoms with E-state index in [9.17, 15) is 5.11 Å². The van der Waals surface area contributed by atoms with Gasteiger partial charge in [-0.25, -0.2) is 0 Å². The highest BCUT2D eigenvalue weighted by Crippen LogP contribution is 2.39. The second kappa shape index (κ2) is 4.84. The van der Waals surface area contributed by atoms with Crippen molar-refractivity contribution in [2.24, 2.45) is 11.3 Å². The quantitative estimate of drug-likeness (QED) is 0.752. The fraction of sp³-hybridized carbons (Fsp3) is 1.00. The van der Waals surface area contributed by atoms with Gasteiger partial charge in [0.2, 0.25) is 0 Å². The summed E-state index contributed by atoms with van der Waals surface area (Å²) in [5, 5.41) is 13.7. The Balaban J connectivity index is 2.29. The van der Waals surface area contributed by atoms with Gasteiger partial charge in [-0.15, -0.1) is 0 Å². The minimum Gasteiger partial charge on any atom is -0.389 e. The standard InChI is InChI=1S/C13H27NO/c1-11(2)9-14-10-13(15)7-5-12(3,4)6-8-13/h11,14-15H,5-10H2,1-4H3. The molecule has 0 aromatic heterocycles. The van der Waals surface area contributed by atoms with Crippen molar-refractivity contribution in [3.8, 4) is 0 Å². The van der Waals surface area contributed by atoms with Gasteiger partial charge in [-0.2, -0.15) is 0 Å². The van der Waals surface area contributed by atoms with Gasteiger partial charge in [0.25, 0.3) is 0 Å². The second-order valence-electron chi connectivity index (χ2n) is 6.41. The zero-order valence-electron chi connectivity index (χ0n) is 10.8. The van der Waals surface area contributed by atoms with Crippen LogP contribution in [0.5, 0.6) is 0 Å². The molecular weight excluding hydrogens is 186 g/mol. The third kappa shape index (κ3) is 4.52. The molecule has 0 aromatic rings. The van der Waals surface area contributed by atoms with Crippen LogP contribution in [0.1, 0.15) is 53.4 Å². The average molecular weight is 213 g/mol. The summed E-state index contributed by atoms with van der Waals surface area (Å²) < 4.78 is 0.